The minimum atomic E-state index is -3.56. The normalized spacial score (nSPS) is 33.2. The van der Waals surface area contributed by atoms with Crippen molar-refractivity contribution in [1.29, 1.82) is 0 Å². The number of fused-ring (bicyclic) bond motifs is 1. The van der Waals surface area contributed by atoms with Crippen molar-refractivity contribution in [2.24, 2.45) is 11.3 Å². The molecular weight excluding hydrogens is 330 g/mol. The van der Waals surface area contributed by atoms with Gasteiger partial charge in [-0.3, -0.25) is 9.69 Å². The second-order valence-corrected chi connectivity index (χ2v) is 9.18. The van der Waals surface area contributed by atoms with Crippen LogP contribution in [-0.2, 0) is 15.0 Å². The Morgan fingerprint density at radius 2 is 1.79 bits per heavy atom. The fourth-order valence-corrected chi connectivity index (χ4v) is 6.17. The molecule has 0 spiro atoms. The molecule has 0 aliphatic carbocycles. The number of aliphatic carboxylic acids is 1. The van der Waals surface area contributed by atoms with E-state index in [-0.39, 0.29) is 12.5 Å². The molecule has 3 heterocycles. The fourth-order valence-electron chi connectivity index (χ4n) is 4.36. The summed E-state index contributed by atoms with van der Waals surface area (Å²) in [7, 11) is -3.56. The van der Waals surface area contributed by atoms with Gasteiger partial charge in [0.05, 0.1) is 5.41 Å². The molecule has 3 aliphatic heterocycles. The molecule has 8 heteroatoms. The van der Waals surface area contributed by atoms with E-state index in [1.807, 2.05) is 0 Å². The van der Waals surface area contributed by atoms with E-state index < -0.39 is 21.6 Å². The monoisotopic (exact) mass is 357 g/mol. The maximum absolute atomic E-state index is 13.0. The zero-order valence-corrected chi connectivity index (χ0v) is 14.9. The summed E-state index contributed by atoms with van der Waals surface area (Å²) in [6.45, 7) is 6.84. The molecule has 0 bridgehead atoms. The van der Waals surface area contributed by atoms with E-state index in [1.54, 1.807) is 10.4 Å². The van der Waals surface area contributed by atoms with Gasteiger partial charge >= 0.3 is 5.97 Å². The molecular formula is C16H27N3O4S. The van der Waals surface area contributed by atoms with E-state index in [4.69, 9.17) is 0 Å². The van der Waals surface area contributed by atoms with Gasteiger partial charge in [0.15, 0.2) is 0 Å². The number of hydrogen-bond donors (Lipinski definition) is 1. The highest BCUT2D eigenvalue weighted by Gasteiger charge is 2.59. The van der Waals surface area contributed by atoms with Crippen LogP contribution in [0, 0.1) is 11.3 Å². The van der Waals surface area contributed by atoms with Crippen LogP contribution in [0.2, 0.25) is 0 Å². The molecule has 3 fully saturated rings. The lowest BCUT2D eigenvalue weighted by molar-refractivity contribution is -0.148. The van der Waals surface area contributed by atoms with Crippen LogP contribution in [0.1, 0.15) is 25.7 Å². The summed E-state index contributed by atoms with van der Waals surface area (Å²) in [6, 6.07) is 0. The molecule has 3 aliphatic rings. The van der Waals surface area contributed by atoms with Gasteiger partial charge in [-0.1, -0.05) is 18.9 Å². The first-order chi connectivity index (χ1) is 11.4. The van der Waals surface area contributed by atoms with Crippen LogP contribution in [0.25, 0.3) is 0 Å². The van der Waals surface area contributed by atoms with Gasteiger partial charge in [0.1, 0.15) is 0 Å². The molecule has 0 aromatic heterocycles. The summed E-state index contributed by atoms with van der Waals surface area (Å²) in [6.07, 6.45) is 5.65. The second kappa shape index (κ2) is 6.74. The Bertz CT molecular complexity index is 600. The molecule has 3 saturated heterocycles. The number of rotatable bonds is 5. The van der Waals surface area contributed by atoms with Crippen molar-refractivity contribution in [2.75, 3.05) is 45.8 Å². The van der Waals surface area contributed by atoms with Crippen LogP contribution in [0.3, 0.4) is 0 Å². The minimum Gasteiger partial charge on any atom is -0.481 e. The smallest absolute Gasteiger partial charge is 0.312 e. The van der Waals surface area contributed by atoms with E-state index in [0.29, 0.717) is 39.3 Å². The molecule has 1 N–H and O–H groups in total. The fraction of sp³-hybridized carbons (Fsp3) is 0.812. The molecule has 7 nitrogen and oxygen atoms in total. The van der Waals surface area contributed by atoms with Crippen LogP contribution < -0.4 is 0 Å². The first-order valence-electron chi connectivity index (χ1n) is 8.72. The molecule has 0 saturated carbocycles. The van der Waals surface area contributed by atoms with Gasteiger partial charge in [0.25, 0.3) is 10.2 Å². The van der Waals surface area contributed by atoms with Gasteiger partial charge in [0, 0.05) is 51.7 Å². The SMILES string of the molecule is C=CCN1CC2CN(S(=O)(=O)N3CCCCCC3)CC2(C(=O)O)C1. The number of carboxylic acids is 1. The topological polar surface area (TPSA) is 81.2 Å². The number of nitrogens with zero attached hydrogens (tertiary/aromatic N) is 3. The molecule has 3 rings (SSSR count). The van der Waals surface area contributed by atoms with E-state index in [1.165, 1.54) is 4.31 Å². The Balaban J connectivity index is 1.78. The van der Waals surface area contributed by atoms with Crippen LogP contribution in [0.5, 0.6) is 0 Å². The Morgan fingerprint density at radius 1 is 1.12 bits per heavy atom. The lowest BCUT2D eigenvalue weighted by Gasteiger charge is -2.29. The minimum absolute atomic E-state index is 0.0828. The van der Waals surface area contributed by atoms with E-state index >= 15 is 0 Å². The largest absolute Gasteiger partial charge is 0.481 e. The molecule has 24 heavy (non-hydrogen) atoms. The van der Waals surface area contributed by atoms with Crippen molar-refractivity contribution in [1.82, 2.24) is 13.5 Å². The molecule has 0 amide bonds. The third-order valence-electron chi connectivity index (χ3n) is 5.68. The molecule has 136 valence electrons. The van der Waals surface area contributed by atoms with Gasteiger partial charge in [0.2, 0.25) is 0 Å². The van der Waals surface area contributed by atoms with Crippen molar-refractivity contribution in [3.8, 4) is 0 Å². The first kappa shape index (κ1) is 17.8. The van der Waals surface area contributed by atoms with Crippen molar-refractivity contribution in [3.63, 3.8) is 0 Å². The summed E-state index contributed by atoms with van der Waals surface area (Å²) in [5.41, 5.74) is -0.984. The Labute approximate surface area is 144 Å². The molecule has 0 aromatic carbocycles. The third kappa shape index (κ3) is 3.00. The quantitative estimate of drug-likeness (QED) is 0.729. The summed E-state index contributed by atoms with van der Waals surface area (Å²) in [4.78, 5) is 14.0. The predicted molar refractivity (Wildman–Crippen MR) is 90.7 cm³/mol. The standard InChI is InChI=1S/C16H27N3O4S/c1-2-7-17-10-14-11-19(13-16(14,12-17)15(20)21)24(22,23)18-8-5-3-4-6-9-18/h2,14H,1,3-13H2,(H,20,21). The van der Waals surface area contributed by atoms with Gasteiger partial charge in [-0.15, -0.1) is 6.58 Å². The van der Waals surface area contributed by atoms with Crippen molar-refractivity contribution < 1.29 is 18.3 Å². The molecule has 0 aromatic rings. The summed E-state index contributed by atoms with van der Waals surface area (Å²) >= 11 is 0. The van der Waals surface area contributed by atoms with Gasteiger partial charge < -0.3 is 5.11 Å². The van der Waals surface area contributed by atoms with Crippen LogP contribution >= 0.6 is 0 Å². The molecule has 2 unspecified atom stereocenters. The Hall–Kier alpha value is -0.960. The van der Waals surface area contributed by atoms with Crippen LogP contribution in [0.4, 0.5) is 0 Å². The van der Waals surface area contributed by atoms with Gasteiger partial charge in [-0.05, 0) is 12.8 Å². The van der Waals surface area contributed by atoms with Crippen LogP contribution in [-0.4, -0.2) is 78.8 Å². The molecule has 0 radical (unpaired) electrons. The van der Waals surface area contributed by atoms with E-state index in [9.17, 15) is 18.3 Å². The highest BCUT2D eigenvalue weighted by Crippen LogP contribution is 2.44. The maximum Gasteiger partial charge on any atom is 0.312 e. The lowest BCUT2D eigenvalue weighted by Crippen LogP contribution is -2.46. The first-order valence-corrected chi connectivity index (χ1v) is 10.1. The Kier molecular flexibility index (Phi) is 5.01. The van der Waals surface area contributed by atoms with Gasteiger partial charge in [-0.2, -0.15) is 17.0 Å². The number of hydrogen-bond acceptors (Lipinski definition) is 4. The van der Waals surface area contributed by atoms with Crippen LogP contribution in [0.15, 0.2) is 12.7 Å². The summed E-state index contributed by atoms with van der Waals surface area (Å²) in [5.74, 6) is -1.04. The molecule has 2 atom stereocenters. The van der Waals surface area contributed by atoms with Gasteiger partial charge in [-0.25, -0.2) is 0 Å². The highest BCUT2D eigenvalue weighted by molar-refractivity contribution is 7.86. The number of carboxylic acid groups (broad SMARTS) is 1. The average molecular weight is 357 g/mol. The van der Waals surface area contributed by atoms with Crippen molar-refractivity contribution >= 4 is 16.2 Å². The van der Waals surface area contributed by atoms with E-state index in [2.05, 4.69) is 11.5 Å². The third-order valence-corrected chi connectivity index (χ3v) is 7.63. The maximum atomic E-state index is 13.0. The van der Waals surface area contributed by atoms with Crippen molar-refractivity contribution in [3.05, 3.63) is 12.7 Å². The van der Waals surface area contributed by atoms with Crippen molar-refractivity contribution in [2.45, 2.75) is 25.7 Å². The van der Waals surface area contributed by atoms with E-state index in [0.717, 1.165) is 25.7 Å². The Morgan fingerprint density at radius 3 is 2.33 bits per heavy atom. The average Bonchev–Trinajstić information content (AvgIpc) is 2.90. The number of likely N-dealkylation sites (tertiary alicyclic amines) is 1. The predicted octanol–water partition coefficient (Wildman–Crippen LogP) is 0.612. The summed E-state index contributed by atoms with van der Waals surface area (Å²) < 4.78 is 28.9. The zero-order chi connectivity index (χ0) is 17.4. The highest BCUT2D eigenvalue weighted by atomic mass is 32.2. The summed E-state index contributed by atoms with van der Waals surface area (Å²) in [5, 5.41) is 9.81. The zero-order valence-electron chi connectivity index (χ0n) is 14.1. The lowest BCUT2D eigenvalue weighted by atomic mass is 9.81. The number of carbonyl (C=O) groups is 1. The second-order valence-electron chi connectivity index (χ2n) is 7.25.